The third-order valence-corrected chi connectivity index (χ3v) is 2.56. The molecule has 0 aromatic heterocycles. The Bertz CT molecular complexity index is 520. The Morgan fingerprint density at radius 2 is 2.18 bits per heavy atom. The maximum atomic E-state index is 13.6. The molecule has 17 heavy (non-hydrogen) atoms. The van der Waals surface area contributed by atoms with Gasteiger partial charge in [0.25, 0.3) is 0 Å². The molecular formula is C12H12FN3O. The second kappa shape index (κ2) is 4.78. The van der Waals surface area contributed by atoms with Gasteiger partial charge in [0.05, 0.1) is 0 Å². The van der Waals surface area contributed by atoms with Crippen LogP contribution in [0.4, 0.5) is 4.39 Å². The summed E-state index contributed by atoms with van der Waals surface area (Å²) in [4.78, 5) is 4.11. The summed E-state index contributed by atoms with van der Waals surface area (Å²) in [7, 11) is 0. The molecule has 0 unspecified atom stereocenters. The summed E-state index contributed by atoms with van der Waals surface area (Å²) in [5.74, 6) is -0.335. The van der Waals surface area contributed by atoms with Gasteiger partial charge in [0.1, 0.15) is 11.5 Å². The largest absolute Gasteiger partial charge is 0.409 e. The van der Waals surface area contributed by atoms with Gasteiger partial charge in [-0.15, -0.1) is 0 Å². The first kappa shape index (κ1) is 11.3. The summed E-state index contributed by atoms with van der Waals surface area (Å²) in [6.07, 6.45) is 2.29. The van der Waals surface area contributed by atoms with Gasteiger partial charge in [-0.25, -0.2) is 4.39 Å². The summed E-state index contributed by atoms with van der Waals surface area (Å²) in [6, 6.07) is 6.52. The number of aliphatic imine (C=N–C) groups is 1. The van der Waals surface area contributed by atoms with Crippen molar-refractivity contribution in [2.24, 2.45) is 15.9 Å². The van der Waals surface area contributed by atoms with E-state index in [9.17, 15) is 4.39 Å². The van der Waals surface area contributed by atoms with Crippen molar-refractivity contribution < 1.29 is 9.60 Å². The molecule has 0 bridgehead atoms. The van der Waals surface area contributed by atoms with E-state index in [0.717, 1.165) is 5.57 Å². The van der Waals surface area contributed by atoms with Gasteiger partial charge >= 0.3 is 0 Å². The van der Waals surface area contributed by atoms with Gasteiger partial charge in [-0.3, -0.25) is 4.99 Å². The average Bonchev–Trinajstić information content (AvgIpc) is 2.38. The van der Waals surface area contributed by atoms with E-state index in [1.165, 1.54) is 6.07 Å². The van der Waals surface area contributed by atoms with Gasteiger partial charge in [0.15, 0.2) is 5.84 Å². The molecule has 5 heteroatoms. The molecule has 0 saturated heterocycles. The van der Waals surface area contributed by atoms with Crippen molar-refractivity contribution in [3.63, 3.8) is 0 Å². The lowest BCUT2D eigenvalue weighted by atomic mass is 9.98. The molecule has 4 nitrogen and oxygen atoms in total. The van der Waals surface area contributed by atoms with E-state index in [4.69, 9.17) is 10.9 Å². The number of benzene rings is 1. The van der Waals surface area contributed by atoms with Crippen LogP contribution in [0.3, 0.4) is 0 Å². The third kappa shape index (κ3) is 2.33. The van der Waals surface area contributed by atoms with Crippen LogP contribution in [0.15, 0.2) is 40.5 Å². The van der Waals surface area contributed by atoms with Crippen LogP contribution >= 0.6 is 0 Å². The Hall–Kier alpha value is -2.17. The monoisotopic (exact) mass is 233 g/mol. The quantitative estimate of drug-likeness (QED) is 0.354. The van der Waals surface area contributed by atoms with Gasteiger partial charge in [0, 0.05) is 12.1 Å². The third-order valence-electron chi connectivity index (χ3n) is 2.56. The van der Waals surface area contributed by atoms with Crippen LogP contribution in [-0.2, 0) is 0 Å². The number of dihydropyridines is 1. The van der Waals surface area contributed by atoms with Crippen LogP contribution in [0, 0.1) is 5.82 Å². The SMILES string of the molecule is N/C(=N\O)C1=NCCC(c2ccccc2F)=C1. The Balaban J connectivity index is 2.38. The second-order valence-corrected chi connectivity index (χ2v) is 3.65. The summed E-state index contributed by atoms with van der Waals surface area (Å²) in [5, 5.41) is 11.5. The number of nitrogens with two attached hydrogens (primary N) is 1. The first-order chi connectivity index (χ1) is 8.22. The number of hydrogen-bond donors (Lipinski definition) is 2. The minimum Gasteiger partial charge on any atom is -0.409 e. The Kier molecular flexibility index (Phi) is 3.18. The van der Waals surface area contributed by atoms with Crippen molar-refractivity contribution in [1.29, 1.82) is 0 Å². The maximum Gasteiger partial charge on any atom is 0.188 e. The van der Waals surface area contributed by atoms with Crippen LogP contribution in [-0.4, -0.2) is 23.3 Å². The number of hydrogen-bond acceptors (Lipinski definition) is 3. The van der Waals surface area contributed by atoms with Crippen molar-refractivity contribution in [3.05, 3.63) is 41.7 Å². The minimum absolute atomic E-state index is 0.0569. The average molecular weight is 233 g/mol. The first-order valence-corrected chi connectivity index (χ1v) is 5.20. The van der Waals surface area contributed by atoms with Crippen molar-refractivity contribution in [2.45, 2.75) is 6.42 Å². The smallest absolute Gasteiger partial charge is 0.188 e. The lowest BCUT2D eigenvalue weighted by molar-refractivity contribution is 0.319. The molecule has 1 aliphatic heterocycles. The number of rotatable bonds is 2. The zero-order chi connectivity index (χ0) is 12.3. The number of nitrogens with zero attached hydrogens (tertiary/aromatic N) is 2. The van der Waals surface area contributed by atoms with Gasteiger partial charge in [-0.2, -0.15) is 0 Å². The Morgan fingerprint density at radius 3 is 2.88 bits per heavy atom. The van der Waals surface area contributed by atoms with E-state index in [1.54, 1.807) is 24.3 Å². The predicted octanol–water partition coefficient (Wildman–Crippen LogP) is 1.80. The predicted molar refractivity (Wildman–Crippen MR) is 64.7 cm³/mol. The molecular weight excluding hydrogens is 221 g/mol. The van der Waals surface area contributed by atoms with Crippen LogP contribution in [0.5, 0.6) is 0 Å². The van der Waals surface area contributed by atoms with E-state index < -0.39 is 0 Å². The zero-order valence-electron chi connectivity index (χ0n) is 9.10. The molecule has 0 amide bonds. The van der Waals surface area contributed by atoms with Gasteiger partial charge < -0.3 is 10.9 Å². The number of halogens is 1. The maximum absolute atomic E-state index is 13.6. The topological polar surface area (TPSA) is 71.0 Å². The molecule has 1 heterocycles. The first-order valence-electron chi connectivity index (χ1n) is 5.20. The Labute approximate surface area is 98.0 Å². The molecule has 0 saturated carbocycles. The normalized spacial score (nSPS) is 16.4. The van der Waals surface area contributed by atoms with Crippen molar-refractivity contribution >= 4 is 17.1 Å². The van der Waals surface area contributed by atoms with E-state index in [0.29, 0.717) is 24.2 Å². The summed E-state index contributed by atoms with van der Waals surface area (Å²) in [6.45, 7) is 0.506. The standard InChI is InChI=1S/C12H12FN3O/c13-10-4-2-1-3-9(10)8-5-6-15-11(7-8)12(14)16-17/h1-4,7,17H,5-6H2,(H2,14,16). The fourth-order valence-electron chi connectivity index (χ4n) is 1.72. The highest BCUT2D eigenvalue weighted by Gasteiger charge is 2.14. The van der Waals surface area contributed by atoms with E-state index in [2.05, 4.69) is 10.1 Å². The van der Waals surface area contributed by atoms with Crippen molar-refractivity contribution in [3.8, 4) is 0 Å². The van der Waals surface area contributed by atoms with Crippen LogP contribution in [0.25, 0.3) is 5.57 Å². The molecule has 3 N–H and O–H groups in total. The fraction of sp³-hybridized carbons (Fsp3) is 0.167. The van der Waals surface area contributed by atoms with Gasteiger partial charge in [0.2, 0.25) is 0 Å². The molecule has 1 aliphatic rings. The number of oxime groups is 1. The molecule has 0 spiro atoms. The zero-order valence-corrected chi connectivity index (χ0v) is 9.10. The van der Waals surface area contributed by atoms with Crippen LogP contribution in [0.2, 0.25) is 0 Å². The lowest BCUT2D eigenvalue weighted by Gasteiger charge is -2.13. The number of amidine groups is 1. The van der Waals surface area contributed by atoms with Gasteiger partial charge in [-0.1, -0.05) is 23.4 Å². The van der Waals surface area contributed by atoms with Crippen molar-refractivity contribution in [2.75, 3.05) is 6.54 Å². The lowest BCUT2D eigenvalue weighted by Crippen LogP contribution is -2.24. The minimum atomic E-state index is -0.278. The molecule has 88 valence electrons. The van der Waals surface area contributed by atoms with Crippen molar-refractivity contribution in [1.82, 2.24) is 0 Å². The molecule has 1 aromatic rings. The fourth-order valence-corrected chi connectivity index (χ4v) is 1.72. The highest BCUT2D eigenvalue weighted by molar-refractivity contribution is 6.46. The van der Waals surface area contributed by atoms with E-state index in [1.807, 2.05) is 0 Å². The molecule has 0 radical (unpaired) electrons. The summed E-state index contributed by atoms with van der Waals surface area (Å²) < 4.78 is 13.6. The summed E-state index contributed by atoms with van der Waals surface area (Å²) in [5.41, 5.74) is 7.18. The molecule has 0 aliphatic carbocycles. The highest BCUT2D eigenvalue weighted by atomic mass is 19.1. The van der Waals surface area contributed by atoms with Gasteiger partial charge in [-0.05, 0) is 24.1 Å². The second-order valence-electron chi connectivity index (χ2n) is 3.65. The molecule has 1 aromatic carbocycles. The van der Waals surface area contributed by atoms with Crippen LogP contribution in [0.1, 0.15) is 12.0 Å². The van der Waals surface area contributed by atoms with Crippen LogP contribution < -0.4 is 5.73 Å². The molecule has 0 fully saturated rings. The molecule has 2 rings (SSSR count). The van der Waals surface area contributed by atoms with E-state index in [-0.39, 0.29) is 11.7 Å². The Morgan fingerprint density at radius 1 is 1.41 bits per heavy atom. The highest BCUT2D eigenvalue weighted by Crippen LogP contribution is 2.23. The van der Waals surface area contributed by atoms with E-state index >= 15 is 0 Å². The molecule has 0 atom stereocenters. The summed E-state index contributed by atoms with van der Waals surface area (Å²) >= 11 is 0.